The van der Waals surface area contributed by atoms with Crippen LogP contribution in [0.25, 0.3) is 0 Å². The minimum Gasteiger partial charge on any atom is -0.468 e. The van der Waals surface area contributed by atoms with Crippen molar-refractivity contribution in [1.29, 1.82) is 0 Å². The van der Waals surface area contributed by atoms with Crippen LogP contribution in [0, 0.1) is 0 Å². The van der Waals surface area contributed by atoms with Gasteiger partial charge in [0.25, 0.3) is 0 Å². The van der Waals surface area contributed by atoms with Crippen LogP contribution in [-0.4, -0.2) is 23.5 Å². The quantitative estimate of drug-likeness (QED) is 0.774. The van der Waals surface area contributed by atoms with E-state index in [9.17, 15) is 0 Å². The molecule has 0 unspecified atom stereocenters. The van der Waals surface area contributed by atoms with Gasteiger partial charge in [0.2, 0.25) is 0 Å². The highest BCUT2D eigenvalue weighted by molar-refractivity contribution is 4.97. The second-order valence-corrected chi connectivity index (χ2v) is 5.04. The SMILES string of the molecule is CCN(CCCC(C)(C)N)Cc1ccco1. The van der Waals surface area contributed by atoms with Crippen LogP contribution in [0.5, 0.6) is 0 Å². The fourth-order valence-electron chi connectivity index (χ4n) is 1.73. The molecule has 0 aromatic carbocycles. The molecule has 0 saturated heterocycles. The Morgan fingerprint density at radius 2 is 2.19 bits per heavy atom. The third-order valence-electron chi connectivity index (χ3n) is 2.70. The summed E-state index contributed by atoms with van der Waals surface area (Å²) in [7, 11) is 0. The largest absolute Gasteiger partial charge is 0.468 e. The van der Waals surface area contributed by atoms with Crippen LogP contribution in [0.15, 0.2) is 22.8 Å². The molecule has 16 heavy (non-hydrogen) atoms. The molecule has 2 N–H and O–H groups in total. The third-order valence-corrected chi connectivity index (χ3v) is 2.70. The fourth-order valence-corrected chi connectivity index (χ4v) is 1.73. The molecule has 1 aromatic rings. The molecule has 3 heteroatoms. The van der Waals surface area contributed by atoms with Crippen molar-refractivity contribution in [2.24, 2.45) is 5.73 Å². The van der Waals surface area contributed by atoms with Gasteiger partial charge in [-0.15, -0.1) is 0 Å². The van der Waals surface area contributed by atoms with E-state index >= 15 is 0 Å². The van der Waals surface area contributed by atoms with Gasteiger partial charge in [0, 0.05) is 5.54 Å². The van der Waals surface area contributed by atoms with E-state index in [1.807, 2.05) is 12.1 Å². The highest BCUT2D eigenvalue weighted by Gasteiger charge is 2.11. The lowest BCUT2D eigenvalue weighted by Gasteiger charge is -2.22. The Kier molecular flexibility index (Phi) is 5.03. The maximum absolute atomic E-state index is 5.96. The van der Waals surface area contributed by atoms with Crippen LogP contribution in [0.4, 0.5) is 0 Å². The van der Waals surface area contributed by atoms with Gasteiger partial charge in [-0.3, -0.25) is 4.90 Å². The summed E-state index contributed by atoms with van der Waals surface area (Å²) in [5, 5.41) is 0. The maximum atomic E-state index is 5.96. The summed E-state index contributed by atoms with van der Waals surface area (Å²) in [5.74, 6) is 1.04. The van der Waals surface area contributed by atoms with E-state index in [4.69, 9.17) is 10.2 Å². The Bertz CT molecular complexity index is 275. The lowest BCUT2D eigenvalue weighted by Crippen LogP contribution is -2.33. The fraction of sp³-hybridized carbons (Fsp3) is 0.692. The first-order valence-corrected chi connectivity index (χ1v) is 6.05. The zero-order chi connectivity index (χ0) is 12.0. The Labute approximate surface area is 98.6 Å². The summed E-state index contributed by atoms with van der Waals surface area (Å²) >= 11 is 0. The molecule has 1 heterocycles. The highest BCUT2D eigenvalue weighted by atomic mass is 16.3. The Hall–Kier alpha value is -0.800. The smallest absolute Gasteiger partial charge is 0.117 e. The molecular formula is C13H24N2O. The van der Waals surface area contributed by atoms with Crippen molar-refractivity contribution >= 4 is 0 Å². The van der Waals surface area contributed by atoms with Gasteiger partial charge in [-0.05, 0) is 51.9 Å². The number of rotatable bonds is 7. The first-order valence-electron chi connectivity index (χ1n) is 6.05. The molecule has 0 atom stereocenters. The molecular weight excluding hydrogens is 200 g/mol. The van der Waals surface area contributed by atoms with Crippen LogP contribution in [0.3, 0.4) is 0 Å². The van der Waals surface area contributed by atoms with Gasteiger partial charge in [-0.1, -0.05) is 6.92 Å². The van der Waals surface area contributed by atoms with Gasteiger partial charge < -0.3 is 10.2 Å². The number of furan rings is 1. The van der Waals surface area contributed by atoms with E-state index in [1.54, 1.807) is 6.26 Å². The van der Waals surface area contributed by atoms with Crippen LogP contribution in [0.2, 0.25) is 0 Å². The van der Waals surface area contributed by atoms with Crippen molar-refractivity contribution in [3.05, 3.63) is 24.2 Å². The van der Waals surface area contributed by atoms with E-state index in [1.165, 1.54) is 0 Å². The normalized spacial score (nSPS) is 12.3. The number of hydrogen-bond acceptors (Lipinski definition) is 3. The second kappa shape index (κ2) is 6.06. The molecule has 0 amide bonds. The standard InChI is InChI=1S/C13H24N2O/c1-4-15(9-6-8-13(2,3)14)11-12-7-5-10-16-12/h5,7,10H,4,6,8-9,11,14H2,1-3H3. The van der Waals surface area contributed by atoms with Crippen molar-refractivity contribution in [2.45, 2.75) is 45.7 Å². The summed E-state index contributed by atoms with van der Waals surface area (Å²) in [4.78, 5) is 2.38. The van der Waals surface area contributed by atoms with E-state index in [0.717, 1.165) is 38.2 Å². The van der Waals surface area contributed by atoms with Gasteiger partial charge in [-0.25, -0.2) is 0 Å². The highest BCUT2D eigenvalue weighted by Crippen LogP contribution is 2.10. The average Bonchev–Trinajstić information content (AvgIpc) is 2.67. The van der Waals surface area contributed by atoms with Crippen molar-refractivity contribution < 1.29 is 4.42 Å². The van der Waals surface area contributed by atoms with E-state index in [0.29, 0.717) is 0 Å². The molecule has 1 rings (SSSR count). The Balaban J connectivity index is 2.27. The molecule has 3 nitrogen and oxygen atoms in total. The molecule has 92 valence electrons. The van der Waals surface area contributed by atoms with Gasteiger partial charge in [0.05, 0.1) is 12.8 Å². The molecule has 0 fully saturated rings. The first-order chi connectivity index (χ1) is 7.51. The predicted molar refractivity (Wildman–Crippen MR) is 67.2 cm³/mol. The maximum Gasteiger partial charge on any atom is 0.117 e. The Morgan fingerprint density at radius 3 is 2.69 bits per heavy atom. The lowest BCUT2D eigenvalue weighted by molar-refractivity contribution is 0.243. The van der Waals surface area contributed by atoms with Crippen molar-refractivity contribution in [3.8, 4) is 0 Å². The second-order valence-electron chi connectivity index (χ2n) is 5.04. The summed E-state index contributed by atoms with van der Waals surface area (Å²) in [6.45, 7) is 9.36. The summed E-state index contributed by atoms with van der Waals surface area (Å²) in [6, 6.07) is 3.96. The third kappa shape index (κ3) is 5.33. The number of hydrogen-bond donors (Lipinski definition) is 1. The van der Waals surface area contributed by atoms with Gasteiger partial charge >= 0.3 is 0 Å². The molecule has 0 spiro atoms. The predicted octanol–water partition coefficient (Wildman–Crippen LogP) is 2.62. The summed E-state index contributed by atoms with van der Waals surface area (Å²) in [5.41, 5.74) is 5.91. The minimum absolute atomic E-state index is 0.0515. The zero-order valence-corrected chi connectivity index (χ0v) is 10.7. The minimum atomic E-state index is -0.0515. The van der Waals surface area contributed by atoms with Crippen LogP contribution in [0.1, 0.15) is 39.4 Å². The van der Waals surface area contributed by atoms with E-state index < -0.39 is 0 Å². The molecule has 1 aromatic heterocycles. The van der Waals surface area contributed by atoms with Crippen molar-refractivity contribution in [1.82, 2.24) is 4.90 Å². The Morgan fingerprint density at radius 1 is 1.44 bits per heavy atom. The van der Waals surface area contributed by atoms with Crippen molar-refractivity contribution in [2.75, 3.05) is 13.1 Å². The van der Waals surface area contributed by atoms with Crippen molar-refractivity contribution in [3.63, 3.8) is 0 Å². The molecule has 0 radical (unpaired) electrons. The molecule has 0 saturated carbocycles. The zero-order valence-electron chi connectivity index (χ0n) is 10.7. The summed E-state index contributed by atoms with van der Waals surface area (Å²) in [6.07, 6.45) is 3.92. The van der Waals surface area contributed by atoms with Gasteiger partial charge in [0.1, 0.15) is 5.76 Å². The first kappa shape index (κ1) is 13.3. The van der Waals surface area contributed by atoms with Crippen LogP contribution < -0.4 is 5.73 Å². The number of nitrogens with two attached hydrogens (primary N) is 1. The molecule has 0 aliphatic carbocycles. The number of nitrogens with zero attached hydrogens (tertiary/aromatic N) is 1. The molecule has 0 bridgehead atoms. The topological polar surface area (TPSA) is 42.4 Å². The molecule has 0 aliphatic rings. The average molecular weight is 224 g/mol. The van der Waals surface area contributed by atoms with E-state index in [-0.39, 0.29) is 5.54 Å². The van der Waals surface area contributed by atoms with E-state index in [2.05, 4.69) is 25.7 Å². The lowest BCUT2D eigenvalue weighted by atomic mass is 10.00. The van der Waals surface area contributed by atoms with Gasteiger partial charge in [-0.2, -0.15) is 0 Å². The molecule has 0 aliphatic heterocycles. The van der Waals surface area contributed by atoms with Crippen LogP contribution in [-0.2, 0) is 6.54 Å². The van der Waals surface area contributed by atoms with Crippen LogP contribution >= 0.6 is 0 Å². The van der Waals surface area contributed by atoms with Gasteiger partial charge in [0.15, 0.2) is 0 Å². The summed E-state index contributed by atoms with van der Waals surface area (Å²) < 4.78 is 5.35. The monoisotopic (exact) mass is 224 g/mol.